The van der Waals surface area contributed by atoms with E-state index in [0.29, 0.717) is 12.0 Å². The van der Waals surface area contributed by atoms with Crippen LogP contribution < -0.4 is 0 Å². The van der Waals surface area contributed by atoms with Crippen molar-refractivity contribution in [2.45, 2.75) is 19.4 Å². The molecule has 0 saturated heterocycles. The van der Waals surface area contributed by atoms with Crippen LogP contribution in [0.3, 0.4) is 0 Å². The molecule has 0 amide bonds. The molecule has 134 valence electrons. The second kappa shape index (κ2) is 6.84. The van der Waals surface area contributed by atoms with Crippen molar-refractivity contribution in [3.05, 3.63) is 107 Å². The summed E-state index contributed by atoms with van der Waals surface area (Å²) in [5, 5.41) is 0. The Hall–Kier alpha value is -3.20. The zero-order valence-corrected chi connectivity index (χ0v) is 15.1. The largest absolute Gasteiger partial charge is 0.453 e. The highest BCUT2D eigenvalue weighted by molar-refractivity contribution is 6.05. The Bertz CT molecular complexity index is 979. The van der Waals surface area contributed by atoms with Crippen LogP contribution in [0.15, 0.2) is 84.9 Å². The number of rotatable bonds is 4. The molecule has 0 aromatic heterocycles. The van der Waals surface area contributed by atoms with Crippen molar-refractivity contribution in [2.75, 3.05) is 0 Å². The molecule has 0 saturated carbocycles. The normalized spacial score (nSPS) is 19.4. The van der Waals surface area contributed by atoms with Crippen molar-refractivity contribution >= 4 is 11.8 Å². The average molecular weight is 356 g/mol. The number of ketones is 1. The van der Waals surface area contributed by atoms with Gasteiger partial charge in [-0.1, -0.05) is 72.8 Å². The monoisotopic (exact) mass is 356 g/mol. The van der Waals surface area contributed by atoms with Crippen LogP contribution in [0.2, 0.25) is 0 Å². The SMILES string of the molecule is C[C@]1([C@@H](OC(=O)c2ccccc2)c2ccccc2)Cc2ccccc2C1=O. The van der Waals surface area contributed by atoms with Gasteiger partial charge in [-0.3, -0.25) is 4.79 Å². The first-order valence-corrected chi connectivity index (χ1v) is 9.03. The van der Waals surface area contributed by atoms with Gasteiger partial charge in [0.25, 0.3) is 0 Å². The van der Waals surface area contributed by atoms with E-state index in [1.807, 2.05) is 67.6 Å². The van der Waals surface area contributed by atoms with Crippen LogP contribution in [-0.4, -0.2) is 11.8 Å². The van der Waals surface area contributed by atoms with Gasteiger partial charge in [-0.05, 0) is 36.6 Å². The summed E-state index contributed by atoms with van der Waals surface area (Å²) in [5.74, 6) is -0.401. The summed E-state index contributed by atoms with van der Waals surface area (Å²) in [6.07, 6.45) is -0.116. The van der Waals surface area contributed by atoms with Crippen LogP contribution in [0, 0.1) is 5.41 Å². The predicted molar refractivity (Wildman–Crippen MR) is 104 cm³/mol. The maximum absolute atomic E-state index is 13.3. The molecule has 1 aliphatic rings. The van der Waals surface area contributed by atoms with E-state index < -0.39 is 17.5 Å². The van der Waals surface area contributed by atoms with E-state index in [2.05, 4.69) is 0 Å². The summed E-state index contributed by atoms with van der Waals surface area (Å²) in [7, 11) is 0. The van der Waals surface area contributed by atoms with E-state index in [-0.39, 0.29) is 5.78 Å². The van der Waals surface area contributed by atoms with Gasteiger partial charge in [0.15, 0.2) is 5.78 Å². The van der Waals surface area contributed by atoms with Crippen LogP contribution in [-0.2, 0) is 11.2 Å². The van der Waals surface area contributed by atoms with Crippen molar-refractivity contribution in [3.8, 4) is 0 Å². The fourth-order valence-corrected chi connectivity index (χ4v) is 3.83. The minimum atomic E-state index is -0.838. The maximum atomic E-state index is 13.3. The lowest BCUT2D eigenvalue weighted by molar-refractivity contribution is -0.00632. The summed E-state index contributed by atoms with van der Waals surface area (Å²) < 4.78 is 5.95. The first-order valence-electron chi connectivity index (χ1n) is 9.03. The van der Waals surface area contributed by atoms with Crippen molar-refractivity contribution in [1.29, 1.82) is 0 Å². The number of esters is 1. The molecule has 0 spiro atoms. The molecule has 2 atom stereocenters. The van der Waals surface area contributed by atoms with Gasteiger partial charge in [-0.15, -0.1) is 0 Å². The quantitative estimate of drug-likeness (QED) is 0.616. The van der Waals surface area contributed by atoms with Gasteiger partial charge in [-0.2, -0.15) is 0 Å². The molecule has 1 aliphatic carbocycles. The van der Waals surface area contributed by atoms with E-state index in [9.17, 15) is 9.59 Å². The lowest BCUT2D eigenvalue weighted by Crippen LogP contribution is -2.35. The molecular formula is C24H20O3. The number of ether oxygens (including phenoxy) is 1. The third kappa shape index (κ3) is 3.06. The van der Waals surface area contributed by atoms with E-state index in [4.69, 9.17) is 4.74 Å². The summed E-state index contributed by atoms with van der Waals surface area (Å²) in [4.78, 5) is 26.0. The molecule has 0 bridgehead atoms. The fourth-order valence-electron chi connectivity index (χ4n) is 3.83. The summed E-state index contributed by atoms with van der Waals surface area (Å²) in [6.45, 7) is 1.89. The molecule has 0 N–H and O–H groups in total. The van der Waals surface area contributed by atoms with E-state index in [1.54, 1.807) is 24.3 Å². The molecule has 4 rings (SSSR count). The molecule has 27 heavy (non-hydrogen) atoms. The third-order valence-corrected chi connectivity index (χ3v) is 5.25. The number of hydrogen-bond donors (Lipinski definition) is 0. The van der Waals surface area contributed by atoms with Crippen LogP contribution in [0.1, 0.15) is 44.9 Å². The second-order valence-corrected chi connectivity index (χ2v) is 7.14. The van der Waals surface area contributed by atoms with Gasteiger partial charge < -0.3 is 4.74 Å². The molecule has 0 fully saturated rings. The van der Waals surface area contributed by atoms with Crippen LogP contribution in [0.5, 0.6) is 0 Å². The number of Topliss-reactive ketones (excluding diaryl/α,β-unsaturated/α-hetero) is 1. The van der Waals surface area contributed by atoms with Crippen molar-refractivity contribution in [1.82, 2.24) is 0 Å². The topological polar surface area (TPSA) is 43.4 Å². The molecule has 0 aliphatic heterocycles. The molecule has 3 nitrogen and oxygen atoms in total. The summed E-state index contributed by atoms with van der Waals surface area (Å²) in [5.41, 5.74) is 2.18. The van der Waals surface area contributed by atoms with Crippen LogP contribution in [0.25, 0.3) is 0 Å². The number of fused-ring (bicyclic) bond motifs is 1. The third-order valence-electron chi connectivity index (χ3n) is 5.25. The van der Waals surface area contributed by atoms with Crippen molar-refractivity contribution in [2.24, 2.45) is 5.41 Å². The Labute approximate surface area is 158 Å². The lowest BCUT2D eigenvalue weighted by Gasteiger charge is -2.32. The average Bonchev–Trinajstić information content (AvgIpc) is 2.98. The van der Waals surface area contributed by atoms with E-state index >= 15 is 0 Å². The number of benzene rings is 3. The molecule has 0 unspecified atom stereocenters. The molecule has 3 heteroatoms. The Morgan fingerprint density at radius 3 is 2.15 bits per heavy atom. The minimum Gasteiger partial charge on any atom is -0.453 e. The van der Waals surface area contributed by atoms with Gasteiger partial charge >= 0.3 is 5.97 Å². The standard InChI is InChI=1S/C24H20O3/c1-24(16-19-14-8-9-15-20(19)21(24)25)22(17-10-4-2-5-11-17)27-23(26)18-12-6-3-7-13-18/h2-15,22H,16H2,1H3/t22-,24-/m0/s1. The van der Waals surface area contributed by atoms with Gasteiger partial charge in [0.05, 0.1) is 11.0 Å². The molecule has 3 aromatic carbocycles. The fraction of sp³-hybridized carbons (Fsp3) is 0.167. The Morgan fingerprint density at radius 2 is 1.48 bits per heavy atom. The molecular weight excluding hydrogens is 336 g/mol. The van der Waals surface area contributed by atoms with Gasteiger partial charge in [0, 0.05) is 5.56 Å². The first kappa shape index (κ1) is 17.2. The van der Waals surface area contributed by atoms with Gasteiger partial charge in [-0.25, -0.2) is 4.79 Å². The minimum absolute atomic E-state index is 0.0211. The Balaban J connectivity index is 1.74. The number of hydrogen-bond acceptors (Lipinski definition) is 3. The molecule has 3 aromatic rings. The van der Waals surface area contributed by atoms with E-state index in [0.717, 1.165) is 16.7 Å². The number of carbonyl (C=O) groups excluding carboxylic acids is 2. The zero-order chi connectivity index (χ0) is 18.9. The lowest BCUT2D eigenvalue weighted by atomic mass is 9.77. The smallest absolute Gasteiger partial charge is 0.338 e. The zero-order valence-electron chi connectivity index (χ0n) is 15.1. The second-order valence-electron chi connectivity index (χ2n) is 7.14. The summed E-state index contributed by atoms with van der Waals surface area (Å²) in [6, 6.07) is 26.0. The highest BCUT2D eigenvalue weighted by Gasteiger charge is 2.49. The summed E-state index contributed by atoms with van der Waals surface area (Å²) >= 11 is 0. The van der Waals surface area contributed by atoms with Gasteiger partial charge in [0.2, 0.25) is 0 Å². The highest BCUT2D eigenvalue weighted by atomic mass is 16.5. The van der Waals surface area contributed by atoms with Gasteiger partial charge in [0.1, 0.15) is 6.10 Å². The molecule has 0 radical (unpaired) electrons. The maximum Gasteiger partial charge on any atom is 0.338 e. The molecule has 0 heterocycles. The van der Waals surface area contributed by atoms with Crippen molar-refractivity contribution in [3.63, 3.8) is 0 Å². The Morgan fingerprint density at radius 1 is 0.889 bits per heavy atom. The van der Waals surface area contributed by atoms with Crippen LogP contribution in [0.4, 0.5) is 0 Å². The van der Waals surface area contributed by atoms with Crippen LogP contribution >= 0.6 is 0 Å². The highest BCUT2D eigenvalue weighted by Crippen LogP contribution is 2.47. The Kier molecular flexibility index (Phi) is 4.36. The predicted octanol–water partition coefficient (Wildman–Crippen LogP) is 5.03. The van der Waals surface area contributed by atoms with E-state index in [1.165, 1.54) is 0 Å². The first-order chi connectivity index (χ1) is 13.1. The number of carbonyl (C=O) groups is 2. The van der Waals surface area contributed by atoms with Crippen molar-refractivity contribution < 1.29 is 14.3 Å².